The van der Waals surface area contributed by atoms with Gasteiger partial charge in [0.1, 0.15) is 25.0 Å². The largest absolute Gasteiger partial charge is 1.00 e. The highest BCUT2D eigenvalue weighted by Gasteiger charge is 2.17. The van der Waals surface area contributed by atoms with Crippen LogP contribution in [0.4, 0.5) is 5.69 Å². The number of aromatic nitrogens is 1. The van der Waals surface area contributed by atoms with Gasteiger partial charge in [-0.2, -0.15) is 0 Å². The number of pyridine rings is 1. The molecule has 0 spiro atoms. The fourth-order valence-corrected chi connectivity index (χ4v) is 3.03. The van der Waals surface area contributed by atoms with Gasteiger partial charge < -0.3 is 27.6 Å². The lowest BCUT2D eigenvalue weighted by molar-refractivity contribution is -0.578. The number of benzene rings is 2. The Kier molecular flexibility index (Phi) is 7.81. The summed E-state index contributed by atoms with van der Waals surface area (Å²) in [5.41, 5.74) is 2.51. The van der Waals surface area contributed by atoms with Crippen LogP contribution in [-0.4, -0.2) is 29.3 Å². The number of hydrogen-bond donors (Lipinski definition) is 2. The number of nitrogens with two attached hydrogens (primary N) is 1. The summed E-state index contributed by atoms with van der Waals surface area (Å²) in [6.07, 6.45) is 4.22. The molecule has 0 aliphatic heterocycles. The summed E-state index contributed by atoms with van der Waals surface area (Å²) in [4.78, 5) is 4.28. The summed E-state index contributed by atoms with van der Waals surface area (Å²) >= 11 is 0. The normalized spacial score (nSPS) is 12.4. The maximum atomic E-state index is 10.3. The van der Waals surface area contributed by atoms with Crippen LogP contribution in [0.25, 0.3) is 10.8 Å². The van der Waals surface area contributed by atoms with E-state index in [1.165, 1.54) is 5.56 Å². The van der Waals surface area contributed by atoms with Gasteiger partial charge in [-0.25, -0.2) is 0 Å². The van der Waals surface area contributed by atoms with Crippen molar-refractivity contribution >= 4 is 16.5 Å². The lowest BCUT2D eigenvalue weighted by Gasteiger charge is -2.23. The predicted molar refractivity (Wildman–Crippen MR) is 109 cm³/mol. The molecule has 0 bridgehead atoms. The molecule has 1 unspecified atom stereocenters. The fourth-order valence-electron chi connectivity index (χ4n) is 3.03. The lowest BCUT2D eigenvalue weighted by Crippen LogP contribution is -3.00. The summed E-state index contributed by atoms with van der Waals surface area (Å²) < 4.78 is 5.76. The molecule has 4 nitrogen and oxygen atoms in total. The highest BCUT2D eigenvalue weighted by Crippen LogP contribution is 2.28. The molecular weight excluding hydrogens is 372 g/mol. The number of halogens is 1. The van der Waals surface area contributed by atoms with E-state index in [1.54, 1.807) is 0 Å². The van der Waals surface area contributed by atoms with Gasteiger partial charge in [0.25, 0.3) is 0 Å². The second kappa shape index (κ2) is 9.87. The van der Waals surface area contributed by atoms with Crippen molar-refractivity contribution in [1.29, 1.82) is 0 Å². The number of quaternary nitrogens is 1. The van der Waals surface area contributed by atoms with Crippen LogP contribution < -0.4 is 22.5 Å². The van der Waals surface area contributed by atoms with E-state index in [4.69, 9.17) is 4.74 Å². The van der Waals surface area contributed by atoms with E-state index in [9.17, 15) is 5.11 Å². The van der Waals surface area contributed by atoms with Crippen molar-refractivity contribution in [3.8, 4) is 5.75 Å². The topological polar surface area (TPSA) is 59.0 Å². The third kappa shape index (κ3) is 5.44. The van der Waals surface area contributed by atoms with Gasteiger partial charge in [-0.15, -0.1) is 0 Å². The average Bonchev–Trinajstić information content (AvgIpc) is 2.71. The molecular formula is C23H29ClN2O2. The Labute approximate surface area is 173 Å². The Morgan fingerprint density at radius 2 is 1.79 bits per heavy atom. The number of aliphatic hydroxyl groups is 1. The van der Waals surface area contributed by atoms with Gasteiger partial charge in [0, 0.05) is 17.0 Å². The number of aliphatic hydroxyl groups excluding tert-OH is 1. The number of fused-ring (bicyclic) bond motifs is 1. The molecule has 3 aromatic rings. The Morgan fingerprint density at radius 1 is 1.07 bits per heavy atom. The highest BCUT2D eigenvalue weighted by atomic mass is 35.5. The molecule has 1 atom stereocenters. The number of rotatable bonds is 8. The quantitative estimate of drug-likeness (QED) is 0.581. The molecule has 1 heterocycles. The zero-order valence-electron chi connectivity index (χ0n) is 16.7. The number of ether oxygens (including phenoxy) is 1. The van der Waals surface area contributed by atoms with E-state index in [0.717, 1.165) is 28.6 Å². The van der Waals surface area contributed by atoms with Gasteiger partial charge in [-0.05, 0) is 35.6 Å². The van der Waals surface area contributed by atoms with Crippen LogP contribution in [0.3, 0.4) is 0 Å². The molecule has 3 rings (SSSR count). The van der Waals surface area contributed by atoms with Gasteiger partial charge in [0.2, 0.25) is 0 Å². The van der Waals surface area contributed by atoms with Crippen LogP contribution in [0.5, 0.6) is 5.75 Å². The first-order chi connectivity index (χ1) is 13.0. The molecule has 2 aromatic carbocycles. The van der Waals surface area contributed by atoms with Crippen molar-refractivity contribution in [2.45, 2.75) is 38.7 Å². The zero-order valence-corrected chi connectivity index (χ0v) is 17.5. The first-order valence-electron chi connectivity index (χ1n) is 9.57. The minimum atomic E-state index is -0.560. The van der Waals surface area contributed by atoms with Gasteiger partial charge in [-0.3, -0.25) is 4.98 Å². The predicted octanol–water partition coefficient (Wildman–Crippen LogP) is 0.561. The summed E-state index contributed by atoms with van der Waals surface area (Å²) in [5, 5.41) is 14.6. The zero-order chi connectivity index (χ0) is 19.3. The molecule has 3 N–H and O–H groups in total. The van der Waals surface area contributed by atoms with E-state index in [0.29, 0.717) is 6.54 Å². The molecule has 0 aliphatic rings. The molecule has 0 saturated carbocycles. The van der Waals surface area contributed by atoms with Crippen LogP contribution in [0.2, 0.25) is 0 Å². The van der Waals surface area contributed by atoms with Gasteiger partial charge in [0.05, 0.1) is 6.20 Å². The van der Waals surface area contributed by atoms with Crippen molar-refractivity contribution in [3.05, 3.63) is 66.5 Å². The number of nitrogens with zero attached hydrogens (tertiary/aromatic N) is 1. The van der Waals surface area contributed by atoms with Crippen LogP contribution in [0, 0.1) is 0 Å². The summed E-state index contributed by atoms with van der Waals surface area (Å²) in [6, 6.07) is 16.3. The van der Waals surface area contributed by atoms with E-state index >= 15 is 0 Å². The van der Waals surface area contributed by atoms with Gasteiger partial charge in [-0.1, -0.05) is 51.1 Å². The minimum absolute atomic E-state index is 0. The second-order valence-electron chi connectivity index (χ2n) is 7.62. The maximum absolute atomic E-state index is 10.3. The molecule has 0 saturated heterocycles. The lowest BCUT2D eigenvalue weighted by atomic mass is 9.82. The Bertz CT molecular complexity index is 876. The second-order valence-corrected chi connectivity index (χ2v) is 7.62. The van der Waals surface area contributed by atoms with E-state index < -0.39 is 6.10 Å². The van der Waals surface area contributed by atoms with Crippen molar-refractivity contribution < 1.29 is 27.6 Å². The van der Waals surface area contributed by atoms with Crippen LogP contribution in [0.1, 0.15) is 32.8 Å². The first kappa shape index (κ1) is 22.2. The average molecular weight is 401 g/mol. The molecule has 150 valence electrons. The van der Waals surface area contributed by atoms with Crippen LogP contribution >= 0.6 is 0 Å². The molecule has 0 fully saturated rings. The summed E-state index contributed by atoms with van der Waals surface area (Å²) in [5.74, 6) is 0.788. The highest BCUT2D eigenvalue weighted by molar-refractivity contribution is 5.89. The van der Waals surface area contributed by atoms with Crippen molar-refractivity contribution in [1.82, 2.24) is 4.98 Å². The number of hydrogen-bond acceptors (Lipinski definition) is 3. The molecule has 0 aliphatic carbocycles. The van der Waals surface area contributed by atoms with Crippen LogP contribution in [0.15, 0.2) is 60.9 Å². The van der Waals surface area contributed by atoms with Crippen LogP contribution in [-0.2, 0) is 5.41 Å². The fraction of sp³-hybridized carbons (Fsp3) is 0.348. The smallest absolute Gasteiger partial charge is 0.156 e. The Morgan fingerprint density at radius 3 is 2.50 bits per heavy atom. The van der Waals surface area contributed by atoms with Crippen molar-refractivity contribution in [2.24, 2.45) is 0 Å². The van der Waals surface area contributed by atoms with Gasteiger partial charge >= 0.3 is 0 Å². The van der Waals surface area contributed by atoms with Gasteiger partial charge in [0.15, 0.2) is 5.69 Å². The standard InChI is InChI=1S/C23H28N2O2.ClH/c1-4-23(2,3)18-9-11-20(12-10-18)27-16-19(26)14-25-22-15-24-13-17-7-5-6-8-21(17)22;/h5-13,15,19,25-26H,4,14,16H2,1-3H3;1H. The molecule has 1 aromatic heterocycles. The monoisotopic (exact) mass is 400 g/mol. The minimum Gasteiger partial charge on any atom is -1.00 e. The third-order valence-corrected chi connectivity index (χ3v) is 5.27. The van der Waals surface area contributed by atoms with E-state index in [1.807, 2.05) is 48.0 Å². The molecule has 5 heteroatoms. The third-order valence-electron chi connectivity index (χ3n) is 5.27. The van der Waals surface area contributed by atoms with Crippen molar-refractivity contribution in [2.75, 3.05) is 13.2 Å². The summed E-state index contributed by atoms with van der Waals surface area (Å²) in [6.45, 7) is 7.47. The first-order valence-corrected chi connectivity index (χ1v) is 9.57. The Balaban J connectivity index is 0.00000280. The molecule has 0 radical (unpaired) electrons. The molecule has 0 amide bonds. The molecule has 28 heavy (non-hydrogen) atoms. The summed E-state index contributed by atoms with van der Waals surface area (Å²) in [7, 11) is 0. The van der Waals surface area contributed by atoms with E-state index in [2.05, 4.69) is 44.0 Å². The van der Waals surface area contributed by atoms with Crippen molar-refractivity contribution in [3.63, 3.8) is 0 Å². The Hall–Kier alpha value is -2.14. The SMILES string of the molecule is CCC(C)(C)c1ccc(OCC(O)C[NH2+]c2cncc3ccccc23)cc1.[Cl-]. The van der Waals surface area contributed by atoms with E-state index in [-0.39, 0.29) is 24.4 Å². The maximum Gasteiger partial charge on any atom is 0.156 e.